The minimum Gasteiger partial charge on any atom is -0.381 e. The number of amides is 1. The van der Waals surface area contributed by atoms with E-state index in [1.807, 2.05) is 24.3 Å². The number of carbonyl (C=O) groups excluding carboxylic acids is 1. The summed E-state index contributed by atoms with van der Waals surface area (Å²) in [6.45, 7) is 6.13. The summed E-state index contributed by atoms with van der Waals surface area (Å²) in [7, 11) is 0. The largest absolute Gasteiger partial charge is 0.381 e. The van der Waals surface area contributed by atoms with E-state index in [2.05, 4.69) is 22.5 Å². The SMILES string of the molecule is C=CCNC(=O)c1ccc(NC2CCNC2)cc1. The standard InChI is InChI=1S/C14H19N3O/c1-2-8-16-14(18)11-3-5-12(6-4-11)17-13-7-9-15-10-13/h2-6,13,15,17H,1,7-10H2,(H,16,18). The molecule has 0 spiro atoms. The Morgan fingerprint density at radius 1 is 1.44 bits per heavy atom. The van der Waals surface area contributed by atoms with Crippen LogP contribution >= 0.6 is 0 Å². The van der Waals surface area contributed by atoms with Gasteiger partial charge in [0.1, 0.15) is 0 Å². The second-order valence-electron chi connectivity index (χ2n) is 4.41. The second-order valence-corrected chi connectivity index (χ2v) is 4.41. The first-order valence-corrected chi connectivity index (χ1v) is 6.26. The van der Waals surface area contributed by atoms with E-state index < -0.39 is 0 Å². The number of anilines is 1. The summed E-state index contributed by atoms with van der Waals surface area (Å²) in [5.41, 5.74) is 1.73. The van der Waals surface area contributed by atoms with Gasteiger partial charge in [-0.05, 0) is 37.2 Å². The van der Waals surface area contributed by atoms with Crippen molar-refractivity contribution in [3.63, 3.8) is 0 Å². The molecule has 18 heavy (non-hydrogen) atoms. The molecule has 96 valence electrons. The monoisotopic (exact) mass is 245 g/mol. The number of carbonyl (C=O) groups is 1. The van der Waals surface area contributed by atoms with Gasteiger partial charge in [-0.15, -0.1) is 6.58 Å². The van der Waals surface area contributed by atoms with Crippen LogP contribution in [-0.4, -0.2) is 31.6 Å². The fourth-order valence-corrected chi connectivity index (χ4v) is 2.00. The lowest BCUT2D eigenvalue weighted by Gasteiger charge is -2.13. The van der Waals surface area contributed by atoms with Crippen molar-refractivity contribution in [3.8, 4) is 0 Å². The van der Waals surface area contributed by atoms with Crippen LogP contribution in [0, 0.1) is 0 Å². The van der Waals surface area contributed by atoms with Crippen molar-refractivity contribution in [1.29, 1.82) is 0 Å². The summed E-state index contributed by atoms with van der Waals surface area (Å²) < 4.78 is 0. The first kappa shape index (κ1) is 12.6. The van der Waals surface area contributed by atoms with Gasteiger partial charge < -0.3 is 16.0 Å². The predicted octanol–water partition coefficient (Wildman–Crippen LogP) is 1.38. The van der Waals surface area contributed by atoms with Crippen molar-refractivity contribution < 1.29 is 4.79 Å². The van der Waals surface area contributed by atoms with Gasteiger partial charge in [0.25, 0.3) is 5.91 Å². The molecule has 0 radical (unpaired) electrons. The molecule has 1 amide bonds. The topological polar surface area (TPSA) is 53.2 Å². The highest BCUT2D eigenvalue weighted by atomic mass is 16.1. The average Bonchev–Trinajstić information content (AvgIpc) is 2.89. The molecule has 1 aliphatic rings. The average molecular weight is 245 g/mol. The fraction of sp³-hybridized carbons (Fsp3) is 0.357. The summed E-state index contributed by atoms with van der Waals surface area (Å²) >= 11 is 0. The van der Waals surface area contributed by atoms with Crippen LogP contribution < -0.4 is 16.0 Å². The first-order valence-electron chi connectivity index (χ1n) is 6.26. The van der Waals surface area contributed by atoms with Crippen LogP contribution in [0.3, 0.4) is 0 Å². The van der Waals surface area contributed by atoms with Gasteiger partial charge in [-0.1, -0.05) is 6.08 Å². The molecule has 1 aromatic carbocycles. The molecular weight excluding hydrogens is 226 g/mol. The Balaban J connectivity index is 1.91. The highest BCUT2D eigenvalue weighted by Gasteiger charge is 2.13. The Morgan fingerprint density at radius 3 is 2.83 bits per heavy atom. The molecule has 1 aliphatic heterocycles. The predicted molar refractivity (Wildman–Crippen MR) is 73.9 cm³/mol. The van der Waals surface area contributed by atoms with Gasteiger partial charge in [-0.3, -0.25) is 4.79 Å². The van der Waals surface area contributed by atoms with Gasteiger partial charge in [-0.2, -0.15) is 0 Å². The summed E-state index contributed by atoms with van der Waals surface area (Å²) in [6, 6.07) is 8.06. The van der Waals surface area contributed by atoms with Crippen LogP contribution in [0.1, 0.15) is 16.8 Å². The van der Waals surface area contributed by atoms with Crippen molar-refractivity contribution in [2.45, 2.75) is 12.5 Å². The molecule has 0 saturated carbocycles. The maximum absolute atomic E-state index is 11.7. The van der Waals surface area contributed by atoms with Gasteiger partial charge in [-0.25, -0.2) is 0 Å². The molecule has 3 N–H and O–H groups in total. The van der Waals surface area contributed by atoms with Crippen LogP contribution in [0.25, 0.3) is 0 Å². The van der Waals surface area contributed by atoms with Crippen LogP contribution in [0.4, 0.5) is 5.69 Å². The Labute approximate surface area is 107 Å². The lowest BCUT2D eigenvalue weighted by atomic mass is 10.1. The Morgan fingerprint density at radius 2 is 2.22 bits per heavy atom. The van der Waals surface area contributed by atoms with Gasteiger partial charge in [0, 0.05) is 30.4 Å². The highest BCUT2D eigenvalue weighted by Crippen LogP contribution is 2.13. The molecule has 2 rings (SSSR count). The summed E-state index contributed by atoms with van der Waals surface area (Å²) in [5.74, 6) is -0.0658. The van der Waals surface area contributed by atoms with E-state index in [4.69, 9.17) is 0 Å². The van der Waals surface area contributed by atoms with E-state index in [1.54, 1.807) is 6.08 Å². The zero-order valence-corrected chi connectivity index (χ0v) is 10.4. The van der Waals surface area contributed by atoms with E-state index in [1.165, 1.54) is 0 Å². The molecule has 1 heterocycles. The molecule has 1 aromatic rings. The van der Waals surface area contributed by atoms with E-state index in [0.717, 1.165) is 25.2 Å². The van der Waals surface area contributed by atoms with Crippen LogP contribution in [0.2, 0.25) is 0 Å². The van der Waals surface area contributed by atoms with Crippen molar-refractivity contribution in [3.05, 3.63) is 42.5 Å². The minimum atomic E-state index is -0.0658. The van der Waals surface area contributed by atoms with Crippen LogP contribution in [0.15, 0.2) is 36.9 Å². The van der Waals surface area contributed by atoms with E-state index in [0.29, 0.717) is 18.2 Å². The Bertz CT molecular complexity index is 408. The zero-order valence-electron chi connectivity index (χ0n) is 10.4. The number of hydrogen-bond acceptors (Lipinski definition) is 3. The quantitative estimate of drug-likeness (QED) is 0.687. The van der Waals surface area contributed by atoms with E-state index >= 15 is 0 Å². The smallest absolute Gasteiger partial charge is 0.251 e. The molecule has 1 fully saturated rings. The zero-order chi connectivity index (χ0) is 12.8. The molecule has 0 aromatic heterocycles. The lowest BCUT2D eigenvalue weighted by molar-refractivity contribution is 0.0958. The molecule has 1 saturated heterocycles. The third kappa shape index (κ3) is 3.34. The fourth-order valence-electron chi connectivity index (χ4n) is 2.00. The summed E-state index contributed by atoms with van der Waals surface area (Å²) in [6.07, 6.45) is 2.81. The summed E-state index contributed by atoms with van der Waals surface area (Å²) in [5, 5.41) is 9.50. The maximum atomic E-state index is 11.7. The second kappa shape index (κ2) is 6.21. The van der Waals surface area contributed by atoms with Gasteiger partial charge in [0.05, 0.1) is 0 Å². The number of rotatable bonds is 5. The Hall–Kier alpha value is -1.81. The van der Waals surface area contributed by atoms with Crippen molar-refractivity contribution in [1.82, 2.24) is 10.6 Å². The van der Waals surface area contributed by atoms with Gasteiger partial charge >= 0.3 is 0 Å². The summed E-state index contributed by atoms with van der Waals surface area (Å²) in [4.78, 5) is 11.7. The molecule has 1 atom stereocenters. The number of benzene rings is 1. The van der Waals surface area contributed by atoms with Crippen LogP contribution in [-0.2, 0) is 0 Å². The maximum Gasteiger partial charge on any atom is 0.251 e. The lowest BCUT2D eigenvalue weighted by Crippen LogP contribution is -2.23. The molecule has 1 unspecified atom stereocenters. The Kier molecular flexibility index (Phi) is 4.36. The molecular formula is C14H19N3O. The molecule has 4 heteroatoms. The third-order valence-corrected chi connectivity index (χ3v) is 2.99. The minimum absolute atomic E-state index is 0.0658. The van der Waals surface area contributed by atoms with Gasteiger partial charge in [0.15, 0.2) is 0 Å². The van der Waals surface area contributed by atoms with E-state index in [9.17, 15) is 4.79 Å². The highest BCUT2D eigenvalue weighted by molar-refractivity contribution is 5.94. The number of hydrogen-bond donors (Lipinski definition) is 3. The molecule has 0 bridgehead atoms. The van der Waals surface area contributed by atoms with E-state index in [-0.39, 0.29) is 5.91 Å². The van der Waals surface area contributed by atoms with Crippen LogP contribution in [0.5, 0.6) is 0 Å². The molecule has 4 nitrogen and oxygen atoms in total. The first-order chi connectivity index (χ1) is 8.79. The van der Waals surface area contributed by atoms with Crippen molar-refractivity contribution in [2.24, 2.45) is 0 Å². The molecule has 0 aliphatic carbocycles. The third-order valence-electron chi connectivity index (χ3n) is 2.99. The van der Waals surface area contributed by atoms with Crippen molar-refractivity contribution in [2.75, 3.05) is 25.0 Å². The van der Waals surface area contributed by atoms with Crippen molar-refractivity contribution >= 4 is 11.6 Å². The van der Waals surface area contributed by atoms with Gasteiger partial charge in [0.2, 0.25) is 0 Å². The normalized spacial score (nSPS) is 18.3. The number of nitrogens with one attached hydrogen (secondary N) is 3.